The molecule has 1 aromatic carbocycles. The van der Waals surface area contributed by atoms with Gasteiger partial charge in [-0.25, -0.2) is 0 Å². The number of hydrogen-bond donors (Lipinski definition) is 2. The number of ether oxygens (including phenoxy) is 2. The lowest BCUT2D eigenvalue weighted by Crippen LogP contribution is -2.41. The SMILES string of the molecule is CCNC(=NCC1(C)CCCO1)NCC1CCN(c2ccccc2OC)C1. The smallest absolute Gasteiger partial charge is 0.191 e. The Hall–Kier alpha value is -1.95. The number of aliphatic imine (C=N–C) groups is 1. The predicted octanol–water partition coefficient (Wildman–Crippen LogP) is 2.65. The molecule has 0 aliphatic carbocycles. The Morgan fingerprint density at radius 2 is 2.22 bits per heavy atom. The molecule has 27 heavy (non-hydrogen) atoms. The summed E-state index contributed by atoms with van der Waals surface area (Å²) in [6.45, 7) is 9.71. The molecule has 2 fully saturated rings. The zero-order chi connectivity index (χ0) is 19.1. The van der Waals surface area contributed by atoms with E-state index in [2.05, 4.69) is 41.5 Å². The summed E-state index contributed by atoms with van der Waals surface area (Å²) in [6, 6.07) is 8.27. The lowest BCUT2D eigenvalue weighted by molar-refractivity contribution is 0.0283. The molecule has 6 heteroatoms. The zero-order valence-electron chi connectivity index (χ0n) is 17.0. The van der Waals surface area contributed by atoms with Gasteiger partial charge in [0.05, 0.1) is 24.9 Å². The van der Waals surface area contributed by atoms with Gasteiger partial charge in [-0.15, -0.1) is 0 Å². The van der Waals surface area contributed by atoms with E-state index < -0.39 is 0 Å². The van der Waals surface area contributed by atoms with Crippen molar-refractivity contribution in [2.45, 2.75) is 38.7 Å². The van der Waals surface area contributed by atoms with Gasteiger partial charge in [-0.1, -0.05) is 12.1 Å². The molecule has 0 bridgehead atoms. The zero-order valence-corrected chi connectivity index (χ0v) is 17.0. The number of rotatable bonds is 7. The number of nitrogens with zero attached hydrogens (tertiary/aromatic N) is 2. The second kappa shape index (κ2) is 9.31. The van der Waals surface area contributed by atoms with Gasteiger partial charge in [0.15, 0.2) is 5.96 Å². The van der Waals surface area contributed by atoms with Crippen LogP contribution in [-0.4, -0.2) is 58.0 Å². The van der Waals surface area contributed by atoms with Gasteiger partial charge in [0.1, 0.15) is 5.75 Å². The summed E-state index contributed by atoms with van der Waals surface area (Å²) in [5, 5.41) is 6.89. The fraction of sp³-hybridized carbons (Fsp3) is 0.667. The molecule has 2 aliphatic heterocycles. The number of benzene rings is 1. The van der Waals surface area contributed by atoms with Gasteiger partial charge in [-0.2, -0.15) is 0 Å². The Bertz CT molecular complexity index is 628. The van der Waals surface area contributed by atoms with Crippen LogP contribution < -0.4 is 20.3 Å². The van der Waals surface area contributed by atoms with Crippen molar-refractivity contribution in [3.63, 3.8) is 0 Å². The maximum absolute atomic E-state index is 5.85. The number of para-hydroxylation sites is 2. The van der Waals surface area contributed by atoms with E-state index in [1.165, 1.54) is 12.1 Å². The minimum Gasteiger partial charge on any atom is -0.495 e. The third-order valence-corrected chi connectivity index (χ3v) is 5.49. The monoisotopic (exact) mass is 374 g/mol. The molecule has 2 saturated heterocycles. The molecule has 6 nitrogen and oxygen atoms in total. The van der Waals surface area contributed by atoms with Crippen LogP contribution in [0.3, 0.4) is 0 Å². The van der Waals surface area contributed by atoms with E-state index in [1.54, 1.807) is 7.11 Å². The van der Waals surface area contributed by atoms with Crippen molar-refractivity contribution in [1.29, 1.82) is 0 Å². The second-order valence-electron chi connectivity index (χ2n) is 7.75. The maximum Gasteiger partial charge on any atom is 0.191 e. The molecule has 0 saturated carbocycles. The number of nitrogens with one attached hydrogen (secondary N) is 2. The molecule has 0 aromatic heterocycles. The first-order valence-electron chi connectivity index (χ1n) is 10.2. The fourth-order valence-electron chi connectivity index (χ4n) is 3.90. The summed E-state index contributed by atoms with van der Waals surface area (Å²) in [7, 11) is 1.74. The summed E-state index contributed by atoms with van der Waals surface area (Å²) in [4.78, 5) is 7.19. The maximum atomic E-state index is 5.85. The third kappa shape index (κ3) is 5.28. The van der Waals surface area contributed by atoms with Crippen molar-refractivity contribution in [3.05, 3.63) is 24.3 Å². The van der Waals surface area contributed by atoms with Crippen molar-refractivity contribution >= 4 is 11.6 Å². The minimum absolute atomic E-state index is 0.101. The van der Waals surface area contributed by atoms with E-state index in [4.69, 9.17) is 14.5 Å². The van der Waals surface area contributed by atoms with Crippen molar-refractivity contribution in [2.24, 2.45) is 10.9 Å². The molecule has 2 heterocycles. The molecule has 2 N–H and O–H groups in total. The van der Waals surface area contributed by atoms with Crippen LogP contribution in [0.4, 0.5) is 5.69 Å². The minimum atomic E-state index is -0.101. The quantitative estimate of drug-likeness (QED) is 0.568. The first kappa shape index (κ1) is 19.8. The molecular weight excluding hydrogens is 340 g/mol. The van der Waals surface area contributed by atoms with Crippen molar-refractivity contribution in [2.75, 3.05) is 51.3 Å². The van der Waals surface area contributed by atoms with E-state index in [0.717, 1.165) is 57.3 Å². The summed E-state index contributed by atoms with van der Waals surface area (Å²) >= 11 is 0. The number of anilines is 1. The van der Waals surface area contributed by atoms with Gasteiger partial charge in [-0.05, 0) is 51.2 Å². The Morgan fingerprint density at radius 3 is 2.96 bits per heavy atom. The summed E-state index contributed by atoms with van der Waals surface area (Å²) in [6.07, 6.45) is 3.40. The van der Waals surface area contributed by atoms with Crippen molar-refractivity contribution in [1.82, 2.24) is 10.6 Å². The average Bonchev–Trinajstić information content (AvgIpc) is 3.33. The molecular formula is C21H34N4O2. The normalized spacial score (nSPS) is 25.7. The van der Waals surface area contributed by atoms with E-state index in [-0.39, 0.29) is 5.60 Å². The Labute approximate surface area is 163 Å². The lowest BCUT2D eigenvalue weighted by atomic mass is 10.0. The molecule has 150 valence electrons. The van der Waals surface area contributed by atoms with Crippen LogP contribution in [0, 0.1) is 5.92 Å². The number of methoxy groups -OCH3 is 1. The highest BCUT2D eigenvalue weighted by Gasteiger charge is 2.29. The first-order valence-corrected chi connectivity index (χ1v) is 10.2. The van der Waals surface area contributed by atoms with Crippen molar-refractivity contribution in [3.8, 4) is 5.75 Å². The van der Waals surface area contributed by atoms with Crippen LogP contribution >= 0.6 is 0 Å². The lowest BCUT2D eigenvalue weighted by Gasteiger charge is -2.23. The highest BCUT2D eigenvalue weighted by molar-refractivity contribution is 5.79. The van der Waals surface area contributed by atoms with Gasteiger partial charge >= 0.3 is 0 Å². The van der Waals surface area contributed by atoms with Gasteiger partial charge in [0.25, 0.3) is 0 Å². The molecule has 0 spiro atoms. The number of guanidine groups is 1. The Balaban J connectivity index is 1.52. The van der Waals surface area contributed by atoms with Crippen LogP contribution in [0.1, 0.15) is 33.1 Å². The van der Waals surface area contributed by atoms with E-state index in [9.17, 15) is 0 Å². The molecule has 0 amide bonds. The van der Waals surface area contributed by atoms with Gasteiger partial charge in [0, 0.05) is 32.8 Å². The summed E-state index contributed by atoms with van der Waals surface area (Å²) in [5.41, 5.74) is 1.09. The molecule has 1 aromatic rings. The molecule has 0 radical (unpaired) electrons. The van der Waals surface area contributed by atoms with E-state index in [1.807, 2.05) is 12.1 Å². The Morgan fingerprint density at radius 1 is 1.37 bits per heavy atom. The van der Waals surface area contributed by atoms with Gasteiger partial charge < -0.3 is 25.0 Å². The third-order valence-electron chi connectivity index (χ3n) is 5.49. The van der Waals surface area contributed by atoms with Crippen LogP contribution in [-0.2, 0) is 4.74 Å². The molecule has 2 aliphatic rings. The van der Waals surface area contributed by atoms with Crippen LogP contribution in [0.25, 0.3) is 0 Å². The van der Waals surface area contributed by atoms with E-state index >= 15 is 0 Å². The highest BCUT2D eigenvalue weighted by Crippen LogP contribution is 2.31. The average molecular weight is 375 g/mol. The molecule has 3 rings (SSSR count). The summed E-state index contributed by atoms with van der Waals surface area (Å²) < 4.78 is 11.4. The fourth-order valence-corrected chi connectivity index (χ4v) is 3.90. The largest absolute Gasteiger partial charge is 0.495 e. The van der Waals surface area contributed by atoms with Crippen LogP contribution in [0.5, 0.6) is 5.75 Å². The van der Waals surface area contributed by atoms with Crippen molar-refractivity contribution < 1.29 is 9.47 Å². The molecule has 2 atom stereocenters. The van der Waals surface area contributed by atoms with Gasteiger partial charge in [0.2, 0.25) is 0 Å². The van der Waals surface area contributed by atoms with Crippen LogP contribution in [0.15, 0.2) is 29.3 Å². The number of hydrogen-bond acceptors (Lipinski definition) is 4. The van der Waals surface area contributed by atoms with E-state index in [0.29, 0.717) is 12.5 Å². The molecule has 2 unspecified atom stereocenters. The standard InChI is InChI=1S/C21H34N4O2/c1-4-22-20(24-16-21(2)11-7-13-27-21)23-14-17-10-12-25(15-17)18-8-5-6-9-19(18)26-3/h5-6,8-9,17H,4,7,10-16H2,1-3H3,(H2,22,23,24). The summed E-state index contributed by atoms with van der Waals surface area (Å²) in [5.74, 6) is 2.44. The van der Waals surface area contributed by atoms with Gasteiger partial charge in [-0.3, -0.25) is 4.99 Å². The first-order chi connectivity index (χ1) is 13.1. The second-order valence-corrected chi connectivity index (χ2v) is 7.75. The van der Waals surface area contributed by atoms with Crippen LogP contribution in [0.2, 0.25) is 0 Å². The predicted molar refractivity (Wildman–Crippen MR) is 111 cm³/mol. The Kier molecular flexibility index (Phi) is 6.83. The highest BCUT2D eigenvalue weighted by atomic mass is 16.5. The topological polar surface area (TPSA) is 58.1 Å².